The number of amides is 2. The largest absolute Gasteiger partial charge is 0.467 e. The Morgan fingerprint density at radius 2 is 2.32 bits per heavy atom. The molecule has 2 saturated heterocycles. The van der Waals surface area contributed by atoms with E-state index in [-0.39, 0.29) is 18.0 Å². The highest BCUT2D eigenvalue weighted by molar-refractivity contribution is 9.10. The molecule has 19 heavy (non-hydrogen) atoms. The van der Waals surface area contributed by atoms with Gasteiger partial charge in [-0.25, -0.2) is 4.79 Å². The predicted molar refractivity (Wildman–Crippen MR) is 70.8 cm³/mol. The first-order valence-electron chi connectivity index (χ1n) is 6.33. The Bertz CT molecular complexity index is 565. The summed E-state index contributed by atoms with van der Waals surface area (Å²) in [5.74, 6) is 0.928. The van der Waals surface area contributed by atoms with Crippen molar-refractivity contribution in [3.8, 4) is 5.75 Å². The van der Waals surface area contributed by atoms with E-state index < -0.39 is 5.72 Å². The van der Waals surface area contributed by atoms with Gasteiger partial charge < -0.3 is 14.8 Å². The number of urea groups is 1. The van der Waals surface area contributed by atoms with Gasteiger partial charge in [0.15, 0.2) is 5.72 Å². The number of fused-ring (bicyclic) bond motifs is 2. The highest BCUT2D eigenvalue weighted by Gasteiger charge is 2.56. The first-order valence-corrected chi connectivity index (χ1v) is 7.12. The summed E-state index contributed by atoms with van der Waals surface area (Å²) in [4.78, 5) is 11.9. The SMILES string of the molecule is O=C1NC2c3ccc(Br)cc3OC3(CCOCC23)N1. The quantitative estimate of drug-likeness (QED) is 0.766. The van der Waals surface area contributed by atoms with Crippen molar-refractivity contribution in [1.29, 1.82) is 0 Å². The lowest BCUT2D eigenvalue weighted by Crippen LogP contribution is -2.72. The van der Waals surface area contributed by atoms with Crippen molar-refractivity contribution < 1.29 is 14.3 Å². The molecule has 3 aliphatic rings. The highest BCUT2D eigenvalue weighted by Crippen LogP contribution is 2.48. The zero-order chi connectivity index (χ0) is 13.0. The molecule has 0 saturated carbocycles. The van der Waals surface area contributed by atoms with Crippen molar-refractivity contribution in [2.24, 2.45) is 5.92 Å². The molecular formula is C13H13BrN2O3. The van der Waals surface area contributed by atoms with Gasteiger partial charge in [-0.2, -0.15) is 0 Å². The zero-order valence-electron chi connectivity index (χ0n) is 10.1. The molecule has 0 aromatic heterocycles. The Labute approximate surface area is 118 Å². The van der Waals surface area contributed by atoms with E-state index in [1.54, 1.807) is 0 Å². The molecule has 2 fully saturated rings. The minimum absolute atomic E-state index is 0.0501. The van der Waals surface area contributed by atoms with E-state index >= 15 is 0 Å². The maximum absolute atomic E-state index is 11.9. The standard InChI is InChI=1S/C13H13BrN2O3/c14-7-1-2-8-10(5-7)19-13-3-4-18-6-9(13)11(8)15-12(17)16-13/h1-2,5,9,11H,3-4,6H2,(H2,15,16,17). The van der Waals surface area contributed by atoms with E-state index in [0.29, 0.717) is 19.6 Å². The number of ether oxygens (including phenoxy) is 2. The number of carbonyl (C=O) groups is 1. The number of nitrogens with one attached hydrogen (secondary N) is 2. The third kappa shape index (κ3) is 1.59. The molecule has 3 aliphatic heterocycles. The minimum atomic E-state index is -0.626. The Morgan fingerprint density at radius 1 is 1.42 bits per heavy atom. The fraction of sp³-hybridized carbons (Fsp3) is 0.462. The van der Waals surface area contributed by atoms with Crippen LogP contribution in [0.15, 0.2) is 22.7 Å². The fourth-order valence-electron chi connectivity index (χ4n) is 3.24. The van der Waals surface area contributed by atoms with E-state index in [4.69, 9.17) is 9.47 Å². The fourth-order valence-corrected chi connectivity index (χ4v) is 3.58. The molecule has 4 rings (SSSR count). The lowest BCUT2D eigenvalue weighted by molar-refractivity contribution is -0.139. The van der Waals surface area contributed by atoms with Crippen molar-refractivity contribution in [3.63, 3.8) is 0 Å². The molecule has 1 aromatic carbocycles. The smallest absolute Gasteiger partial charge is 0.318 e. The third-order valence-corrected chi connectivity index (χ3v) is 4.62. The van der Waals surface area contributed by atoms with E-state index in [1.165, 1.54) is 0 Å². The Kier molecular flexibility index (Phi) is 2.35. The molecule has 0 aliphatic carbocycles. The second kappa shape index (κ2) is 3.86. The molecule has 1 aromatic rings. The summed E-state index contributed by atoms with van der Waals surface area (Å²) in [5, 5.41) is 5.95. The van der Waals surface area contributed by atoms with Gasteiger partial charge in [0.25, 0.3) is 0 Å². The van der Waals surface area contributed by atoms with Gasteiger partial charge in [-0.3, -0.25) is 5.32 Å². The van der Waals surface area contributed by atoms with Crippen molar-refractivity contribution in [1.82, 2.24) is 10.6 Å². The Morgan fingerprint density at radius 3 is 3.21 bits per heavy atom. The molecule has 2 bridgehead atoms. The molecule has 6 heteroatoms. The van der Waals surface area contributed by atoms with Crippen LogP contribution in [-0.4, -0.2) is 25.0 Å². The van der Waals surface area contributed by atoms with Gasteiger partial charge in [0.1, 0.15) is 5.75 Å². The van der Waals surface area contributed by atoms with E-state index in [2.05, 4.69) is 26.6 Å². The molecule has 0 radical (unpaired) electrons. The van der Waals surface area contributed by atoms with Crippen LogP contribution in [0.5, 0.6) is 5.75 Å². The Balaban J connectivity index is 1.87. The number of hydrogen-bond donors (Lipinski definition) is 2. The number of benzene rings is 1. The van der Waals surface area contributed by atoms with E-state index in [1.807, 2.05) is 18.2 Å². The maximum Gasteiger partial charge on any atom is 0.318 e. The first-order chi connectivity index (χ1) is 9.18. The molecule has 2 amide bonds. The number of carbonyl (C=O) groups excluding carboxylic acids is 1. The molecule has 3 heterocycles. The van der Waals surface area contributed by atoms with Crippen LogP contribution >= 0.6 is 15.9 Å². The van der Waals surface area contributed by atoms with Gasteiger partial charge in [0.05, 0.1) is 25.2 Å². The molecular weight excluding hydrogens is 312 g/mol. The number of rotatable bonds is 0. The van der Waals surface area contributed by atoms with Crippen LogP contribution in [0.3, 0.4) is 0 Å². The van der Waals surface area contributed by atoms with Gasteiger partial charge in [-0.1, -0.05) is 22.0 Å². The third-order valence-electron chi connectivity index (χ3n) is 4.13. The minimum Gasteiger partial charge on any atom is -0.467 e. The van der Waals surface area contributed by atoms with Crippen LogP contribution in [0.1, 0.15) is 18.0 Å². The maximum atomic E-state index is 11.9. The summed E-state index contributed by atoms with van der Waals surface area (Å²) in [7, 11) is 0. The summed E-state index contributed by atoms with van der Waals surface area (Å²) in [6, 6.07) is 5.69. The molecule has 2 N–H and O–H groups in total. The molecule has 3 atom stereocenters. The van der Waals surface area contributed by atoms with Crippen molar-refractivity contribution >= 4 is 22.0 Å². The van der Waals surface area contributed by atoms with Crippen LogP contribution in [0.4, 0.5) is 4.79 Å². The predicted octanol–water partition coefficient (Wildman–Crippen LogP) is 1.93. The van der Waals surface area contributed by atoms with Crippen LogP contribution in [-0.2, 0) is 4.74 Å². The second-order valence-electron chi connectivity index (χ2n) is 5.18. The number of hydrogen-bond acceptors (Lipinski definition) is 3. The van der Waals surface area contributed by atoms with Crippen LogP contribution < -0.4 is 15.4 Å². The highest BCUT2D eigenvalue weighted by atomic mass is 79.9. The normalized spacial score (nSPS) is 35.3. The van der Waals surface area contributed by atoms with Gasteiger partial charge >= 0.3 is 6.03 Å². The van der Waals surface area contributed by atoms with Crippen LogP contribution in [0.2, 0.25) is 0 Å². The van der Waals surface area contributed by atoms with E-state index in [9.17, 15) is 4.79 Å². The van der Waals surface area contributed by atoms with Gasteiger partial charge in [-0.15, -0.1) is 0 Å². The first kappa shape index (κ1) is 11.5. The van der Waals surface area contributed by atoms with Crippen molar-refractivity contribution in [2.75, 3.05) is 13.2 Å². The summed E-state index contributed by atoms with van der Waals surface area (Å²) < 4.78 is 12.7. The molecule has 5 nitrogen and oxygen atoms in total. The average molecular weight is 325 g/mol. The summed E-state index contributed by atoms with van der Waals surface area (Å²) in [5.41, 5.74) is 0.392. The Hall–Kier alpha value is -1.27. The average Bonchev–Trinajstić information content (AvgIpc) is 2.36. The summed E-state index contributed by atoms with van der Waals surface area (Å²) in [6.45, 7) is 1.19. The van der Waals surface area contributed by atoms with Gasteiger partial charge in [0.2, 0.25) is 0 Å². The van der Waals surface area contributed by atoms with E-state index in [0.717, 1.165) is 15.8 Å². The molecule has 3 unspecified atom stereocenters. The molecule has 100 valence electrons. The van der Waals surface area contributed by atoms with Gasteiger partial charge in [-0.05, 0) is 12.1 Å². The number of halogens is 1. The lowest BCUT2D eigenvalue weighted by Gasteiger charge is -2.53. The monoisotopic (exact) mass is 324 g/mol. The second-order valence-corrected chi connectivity index (χ2v) is 6.10. The van der Waals surface area contributed by atoms with Crippen LogP contribution in [0, 0.1) is 5.92 Å². The summed E-state index contributed by atoms with van der Waals surface area (Å²) >= 11 is 3.46. The van der Waals surface area contributed by atoms with Crippen molar-refractivity contribution in [2.45, 2.75) is 18.2 Å². The van der Waals surface area contributed by atoms with Crippen LogP contribution in [0.25, 0.3) is 0 Å². The zero-order valence-corrected chi connectivity index (χ0v) is 11.7. The summed E-state index contributed by atoms with van der Waals surface area (Å²) in [6.07, 6.45) is 0.674. The van der Waals surface area contributed by atoms with Crippen molar-refractivity contribution in [3.05, 3.63) is 28.2 Å². The lowest BCUT2D eigenvalue weighted by atomic mass is 9.77. The molecule has 0 spiro atoms. The van der Waals surface area contributed by atoms with Gasteiger partial charge in [0, 0.05) is 16.5 Å². The topological polar surface area (TPSA) is 59.6 Å².